The maximum absolute atomic E-state index is 12.4. The summed E-state index contributed by atoms with van der Waals surface area (Å²) in [5, 5.41) is 0. The van der Waals surface area contributed by atoms with Gasteiger partial charge in [0.1, 0.15) is 0 Å². The van der Waals surface area contributed by atoms with Gasteiger partial charge < -0.3 is 9.64 Å². The average molecular weight is 340 g/mol. The number of carbonyl (C=O) groups is 2. The van der Waals surface area contributed by atoms with E-state index in [-0.39, 0.29) is 17.8 Å². The van der Waals surface area contributed by atoms with Crippen LogP contribution in [0.1, 0.15) is 30.1 Å². The lowest BCUT2D eigenvalue weighted by Crippen LogP contribution is -2.42. The number of halogens is 1. The Bertz CT molecular complexity index is 504. The summed E-state index contributed by atoms with van der Waals surface area (Å²) >= 11 is 3.37. The number of amides is 1. The largest absolute Gasteiger partial charge is 0.466 e. The summed E-state index contributed by atoms with van der Waals surface area (Å²) in [7, 11) is 0. The van der Waals surface area contributed by atoms with Crippen LogP contribution in [0.15, 0.2) is 28.7 Å². The third-order valence-corrected chi connectivity index (χ3v) is 3.89. The number of carbonyl (C=O) groups excluding carboxylic acids is 2. The van der Waals surface area contributed by atoms with Gasteiger partial charge in [0.2, 0.25) is 0 Å². The van der Waals surface area contributed by atoms with Gasteiger partial charge >= 0.3 is 5.97 Å². The van der Waals surface area contributed by atoms with Crippen LogP contribution in [-0.2, 0) is 9.53 Å². The maximum atomic E-state index is 12.4. The van der Waals surface area contributed by atoms with E-state index in [1.165, 1.54) is 0 Å². The Labute approximate surface area is 127 Å². The van der Waals surface area contributed by atoms with E-state index < -0.39 is 0 Å². The Kier molecular flexibility index (Phi) is 5.17. The minimum atomic E-state index is -0.195. The fourth-order valence-electron chi connectivity index (χ4n) is 2.42. The normalized spacial score (nSPS) is 18.7. The number of piperidine rings is 1. The van der Waals surface area contributed by atoms with Crippen molar-refractivity contribution in [3.8, 4) is 0 Å². The third-order valence-electron chi connectivity index (χ3n) is 3.40. The van der Waals surface area contributed by atoms with Crippen LogP contribution in [0.4, 0.5) is 0 Å². The van der Waals surface area contributed by atoms with Gasteiger partial charge in [0, 0.05) is 23.1 Å². The van der Waals surface area contributed by atoms with Crippen molar-refractivity contribution in [3.63, 3.8) is 0 Å². The van der Waals surface area contributed by atoms with Crippen molar-refractivity contribution in [3.05, 3.63) is 34.3 Å². The van der Waals surface area contributed by atoms with E-state index in [4.69, 9.17) is 4.74 Å². The van der Waals surface area contributed by atoms with E-state index in [0.29, 0.717) is 25.3 Å². The van der Waals surface area contributed by atoms with Gasteiger partial charge in [-0.15, -0.1) is 0 Å². The number of benzene rings is 1. The molecule has 1 unspecified atom stereocenters. The molecular weight excluding hydrogens is 322 g/mol. The predicted molar refractivity (Wildman–Crippen MR) is 79.4 cm³/mol. The molecule has 1 atom stereocenters. The van der Waals surface area contributed by atoms with Gasteiger partial charge in [-0.3, -0.25) is 9.59 Å². The molecule has 0 saturated carbocycles. The van der Waals surface area contributed by atoms with Gasteiger partial charge in [0.25, 0.3) is 5.91 Å². The number of nitrogens with zero attached hydrogens (tertiary/aromatic N) is 1. The molecule has 0 N–H and O–H groups in total. The molecule has 5 heteroatoms. The molecule has 1 amide bonds. The molecule has 1 aromatic carbocycles. The molecule has 4 nitrogen and oxygen atoms in total. The molecule has 2 rings (SSSR count). The second kappa shape index (κ2) is 6.88. The first kappa shape index (κ1) is 15.0. The fraction of sp³-hybridized carbons (Fsp3) is 0.467. The lowest BCUT2D eigenvalue weighted by atomic mass is 9.97. The maximum Gasteiger partial charge on any atom is 0.310 e. The number of likely N-dealkylation sites (tertiary alicyclic amines) is 1. The molecular formula is C15H18BrNO3. The minimum absolute atomic E-state index is 0.0275. The van der Waals surface area contributed by atoms with Gasteiger partial charge in [0.05, 0.1) is 12.5 Å². The average Bonchev–Trinajstić information content (AvgIpc) is 2.47. The summed E-state index contributed by atoms with van der Waals surface area (Å²) in [5.41, 5.74) is 0.642. The van der Waals surface area contributed by atoms with Crippen molar-refractivity contribution in [1.29, 1.82) is 0 Å². The number of hydrogen-bond acceptors (Lipinski definition) is 3. The van der Waals surface area contributed by atoms with Crippen LogP contribution in [0.25, 0.3) is 0 Å². The highest BCUT2D eigenvalue weighted by molar-refractivity contribution is 9.10. The zero-order chi connectivity index (χ0) is 14.5. The molecule has 1 heterocycles. The Morgan fingerprint density at radius 3 is 2.95 bits per heavy atom. The van der Waals surface area contributed by atoms with E-state index in [1.807, 2.05) is 12.1 Å². The zero-order valence-electron chi connectivity index (χ0n) is 11.5. The summed E-state index contributed by atoms with van der Waals surface area (Å²) in [6.07, 6.45) is 1.63. The quantitative estimate of drug-likeness (QED) is 0.795. The third kappa shape index (κ3) is 3.60. The van der Waals surface area contributed by atoms with E-state index >= 15 is 0 Å². The summed E-state index contributed by atoms with van der Waals surface area (Å²) in [5.74, 6) is -0.417. The number of rotatable bonds is 3. The molecule has 1 aromatic rings. The summed E-state index contributed by atoms with van der Waals surface area (Å²) in [4.78, 5) is 26.0. The second-order valence-corrected chi connectivity index (χ2v) is 5.77. The van der Waals surface area contributed by atoms with Gasteiger partial charge in [0.15, 0.2) is 0 Å². The second-order valence-electron chi connectivity index (χ2n) is 4.85. The molecule has 0 bridgehead atoms. The van der Waals surface area contributed by atoms with Crippen molar-refractivity contribution in [2.45, 2.75) is 19.8 Å². The smallest absolute Gasteiger partial charge is 0.310 e. The van der Waals surface area contributed by atoms with Crippen LogP contribution in [0, 0.1) is 5.92 Å². The highest BCUT2D eigenvalue weighted by atomic mass is 79.9. The molecule has 0 spiro atoms. The van der Waals surface area contributed by atoms with Gasteiger partial charge in [-0.25, -0.2) is 0 Å². The molecule has 1 aliphatic heterocycles. The van der Waals surface area contributed by atoms with Gasteiger partial charge in [-0.1, -0.05) is 22.0 Å². The van der Waals surface area contributed by atoms with Crippen LogP contribution in [-0.4, -0.2) is 36.5 Å². The molecule has 108 valence electrons. The summed E-state index contributed by atoms with van der Waals surface area (Å²) in [6, 6.07) is 7.32. The Morgan fingerprint density at radius 1 is 1.45 bits per heavy atom. The highest BCUT2D eigenvalue weighted by Gasteiger charge is 2.29. The summed E-state index contributed by atoms with van der Waals surface area (Å²) < 4.78 is 5.93. The SMILES string of the molecule is CCOC(=O)C1CCCN(C(=O)c2cccc(Br)c2)C1. The standard InChI is InChI=1S/C15H18BrNO3/c1-2-20-15(19)12-6-4-8-17(10-12)14(18)11-5-3-7-13(16)9-11/h3,5,7,9,12H,2,4,6,8,10H2,1H3. The van der Waals surface area contributed by atoms with Crippen molar-refractivity contribution < 1.29 is 14.3 Å². The number of hydrogen-bond donors (Lipinski definition) is 0. The fourth-order valence-corrected chi connectivity index (χ4v) is 2.82. The molecule has 1 aliphatic rings. The van der Waals surface area contributed by atoms with Crippen LogP contribution in [0.5, 0.6) is 0 Å². The molecule has 0 radical (unpaired) electrons. The van der Waals surface area contributed by atoms with Gasteiger partial charge in [-0.05, 0) is 38.0 Å². The molecule has 20 heavy (non-hydrogen) atoms. The van der Waals surface area contributed by atoms with E-state index in [0.717, 1.165) is 17.3 Å². The zero-order valence-corrected chi connectivity index (χ0v) is 13.1. The Balaban J connectivity index is 2.05. The first-order valence-electron chi connectivity index (χ1n) is 6.83. The van der Waals surface area contributed by atoms with Gasteiger partial charge in [-0.2, -0.15) is 0 Å². The van der Waals surface area contributed by atoms with E-state index in [9.17, 15) is 9.59 Å². The summed E-state index contributed by atoms with van der Waals surface area (Å²) in [6.45, 7) is 3.32. The van der Waals surface area contributed by atoms with E-state index in [2.05, 4.69) is 15.9 Å². The first-order valence-corrected chi connectivity index (χ1v) is 7.62. The molecule has 1 saturated heterocycles. The van der Waals surface area contributed by atoms with Crippen LogP contribution < -0.4 is 0 Å². The number of ether oxygens (including phenoxy) is 1. The van der Waals surface area contributed by atoms with Crippen molar-refractivity contribution in [2.24, 2.45) is 5.92 Å². The van der Waals surface area contributed by atoms with Crippen LogP contribution in [0.2, 0.25) is 0 Å². The van der Waals surface area contributed by atoms with Crippen molar-refractivity contribution in [2.75, 3.05) is 19.7 Å². The Morgan fingerprint density at radius 2 is 2.25 bits per heavy atom. The molecule has 0 aromatic heterocycles. The minimum Gasteiger partial charge on any atom is -0.466 e. The van der Waals surface area contributed by atoms with Crippen molar-refractivity contribution >= 4 is 27.8 Å². The first-order chi connectivity index (χ1) is 9.61. The highest BCUT2D eigenvalue weighted by Crippen LogP contribution is 2.21. The predicted octanol–water partition coefficient (Wildman–Crippen LogP) is 2.86. The molecule has 1 fully saturated rings. The van der Waals surface area contributed by atoms with Crippen LogP contribution in [0.3, 0.4) is 0 Å². The lowest BCUT2D eigenvalue weighted by molar-refractivity contribution is -0.149. The monoisotopic (exact) mass is 339 g/mol. The molecule has 0 aliphatic carbocycles. The van der Waals surface area contributed by atoms with Crippen molar-refractivity contribution in [1.82, 2.24) is 4.90 Å². The van der Waals surface area contributed by atoms with Crippen LogP contribution >= 0.6 is 15.9 Å². The lowest BCUT2D eigenvalue weighted by Gasteiger charge is -2.31. The number of esters is 1. The van der Waals surface area contributed by atoms with E-state index in [1.54, 1.807) is 24.0 Å². The Hall–Kier alpha value is -1.36. The topological polar surface area (TPSA) is 46.6 Å².